The van der Waals surface area contributed by atoms with Crippen LogP contribution in [0.4, 0.5) is 0 Å². The first kappa shape index (κ1) is 13.8. The molecule has 3 aliphatic heterocycles. The van der Waals surface area contributed by atoms with Gasteiger partial charge in [0.05, 0.1) is 5.70 Å². The van der Waals surface area contributed by atoms with E-state index >= 15 is 0 Å². The normalized spacial score (nSPS) is 24.3. The summed E-state index contributed by atoms with van der Waals surface area (Å²) in [6.07, 6.45) is 9.94. The Kier molecular flexibility index (Phi) is 5.88. The van der Waals surface area contributed by atoms with E-state index in [-0.39, 0.29) is 0 Å². The molecule has 0 aromatic carbocycles. The molecule has 0 unspecified atom stereocenters. The van der Waals surface area contributed by atoms with E-state index in [2.05, 4.69) is 22.9 Å². The fourth-order valence-corrected chi connectivity index (χ4v) is 2.57. The van der Waals surface area contributed by atoms with E-state index in [0.29, 0.717) is 0 Å². The molecule has 0 atom stereocenters. The summed E-state index contributed by atoms with van der Waals surface area (Å²) in [5, 5.41) is 0. The maximum absolute atomic E-state index is 4.94. The third kappa shape index (κ3) is 4.91. The Hall–Kier alpha value is -0.670. The molecule has 0 radical (unpaired) electrons. The second-order valence-electron chi connectivity index (χ2n) is 5.38. The monoisotopic (exact) mass is 250 g/mol. The first-order valence-electron chi connectivity index (χ1n) is 7.38. The summed E-state index contributed by atoms with van der Waals surface area (Å²) in [5.74, 6) is 0. The van der Waals surface area contributed by atoms with Gasteiger partial charge >= 0.3 is 0 Å². The molecule has 18 heavy (non-hydrogen) atoms. The van der Waals surface area contributed by atoms with Gasteiger partial charge in [0, 0.05) is 25.5 Å². The number of ether oxygens (including phenoxy) is 1. The SMILES string of the molecule is C1CCOC1.CC1=NC(CN2CCCC2)=CCC1. The zero-order chi connectivity index (χ0) is 12.6. The maximum Gasteiger partial charge on any atom is 0.0503 e. The molecule has 3 heterocycles. The van der Waals surface area contributed by atoms with Crippen LogP contribution in [0, 0.1) is 0 Å². The number of allylic oxidation sites excluding steroid dienone is 1. The molecule has 0 aromatic rings. The van der Waals surface area contributed by atoms with Gasteiger partial charge in [0.25, 0.3) is 0 Å². The molecular weight excluding hydrogens is 224 g/mol. The molecule has 0 spiro atoms. The molecule has 0 N–H and O–H groups in total. The third-order valence-electron chi connectivity index (χ3n) is 3.63. The van der Waals surface area contributed by atoms with Crippen molar-refractivity contribution in [2.75, 3.05) is 32.8 Å². The Morgan fingerprint density at radius 2 is 1.89 bits per heavy atom. The van der Waals surface area contributed by atoms with Crippen LogP contribution in [0.15, 0.2) is 16.8 Å². The van der Waals surface area contributed by atoms with Crippen LogP contribution >= 0.6 is 0 Å². The highest BCUT2D eigenvalue weighted by atomic mass is 16.5. The van der Waals surface area contributed by atoms with Crippen LogP contribution in [0.3, 0.4) is 0 Å². The van der Waals surface area contributed by atoms with Crippen LogP contribution in [0.2, 0.25) is 0 Å². The van der Waals surface area contributed by atoms with E-state index in [0.717, 1.165) is 26.2 Å². The van der Waals surface area contributed by atoms with Crippen molar-refractivity contribution in [1.82, 2.24) is 4.90 Å². The van der Waals surface area contributed by atoms with E-state index in [9.17, 15) is 0 Å². The molecule has 102 valence electrons. The van der Waals surface area contributed by atoms with Crippen molar-refractivity contribution in [2.45, 2.75) is 45.4 Å². The standard InChI is InChI=1S/C11H18N2.C4H8O/c1-10-5-4-6-11(12-10)9-13-7-2-3-8-13;1-2-4-5-3-1/h6H,2-5,7-9H2,1H3;1-4H2. The van der Waals surface area contributed by atoms with Gasteiger partial charge < -0.3 is 4.74 Å². The van der Waals surface area contributed by atoms with Gasteiger partial charge in [-0.1, -0.05) is 6.08 Å². The molecule has 0 bridgehead atoms. The van der Waals surface area contributed by atoms with Gasteiger partial charge in [-0.15, -0.1) is 0 Å². The van der Waals surface area contributed by atoms with Crippen LogP contribution in [-0.2, 0) is 4.74 Å². The van der Waals surface area contributed by atoms with Gasteiger partial charge in [0.2, 0.25) is 0 Å². The topological polar surface area (TPSA) is 24.8 Å². The van der Waals surface area contributed by atoms with Gasteiger partial charge in [-0.2, -0.15) is 0 Å². The second-order valence-corrected chi connectivity index (χ2v) is 5.38. The largest absolute Gasteiger partial charge is 0.381 e. The highest BCUT2D eigenvalue weighted by Crippen LogP contribution is 2.15. The molecule has 2 fully saturated rings. The average Bonchev–Trinajstić information content (AvgIpc) is 3.04. The van der Waals surface area contributed by atoms with E-state index < -0.39 is 0 Å². The molecule has 0 amide bonds. The quantitative estimate of drug-likeness (QED) is 0.752. The Labute approximate surface area is 111 Å². The minimum absolute atomic E-state index is 1.00. The molecule has 3 rings (SSSR count). The molecule has 0 aromatic heterocycles. The predicted octanol–water partition coefficient (Wildman–Crippen LogP) is 3.02. The first-order chi connectivity index (χ1) is 8.84. The zero-order valence-corrected chi connectivity index (χ0v) is 11.7. The number of nitrogens with zero attached hydrogens (tertiary/aromatic N) is 2. The molecular formula is C15H26N2O. The van der Waals surface area contributed by atoms with Crippen LogP contribution in [-0.4, -0.2) is 43.5 Å². The summed E-state index contributed by atoms with van der Waals surface area (Å²) in [7, 11) is 0. The number of hydrogen-bond acceptors (Lipinski definition) is 3. The second kappa shape index (κ2) is 7.70. The maximum atomic E-state index is 4.94. The molecule has 3 aliphatic rings. The summed E-state index contributed by atoms with van der Waals surface area (Å²) < 4.78 is 4.94. The molecule has 0 aliphatic carbocycles. The third-order valence-corrected chi connectivity index (χ3v) is 3.63. The lowest BCUT2D eigenvalue weighted by atomic mass is 10.1. The molecule has 2 saturated heterocycles. The summed E-state index contributed by atoms with van der Waals surface area (Å²) in [6, 6.07) is 0. The number of hydrogen-bond donors (Lipinski definition) is 0. The Bertz CT molecular complexity index is 292. The van der Waals surface area contributed by atoms with Crippen molar-refractivity contribution in [2.24, 2.45) is 4.99 Å². The van der Waals surface area contributed by atoms with Gasteiger partial charge in [-0.3, -0.25) is 9.89 Å². The molecule has 3 heteroatoms. The highest BCUT2D eigenvalue weighted by Gasteiger charge is 2.13. The molecule has 0 saturated carbocycles. The lowest BCUT2D eigenvalue weighted by molar-refractivity contribution is 0.198. The van der Waals surface area contributed by atoms with E-state index in [1.807, 2.05) is 0 Å². The van der Waals surface area contributed by atoms with Crippen molar-refractivity contribution >= 4 is 5.71 Å². The lowest BCUT2D eigenvalue weighted by Crippen LogP contribution is -2.22. The van der Waals surface area contributed by atoms with Gasteiger partial charge in [-0.05, 0) is 58.5 Å². The smallest absolute Gasteiger partial charge is 0.0503 e. The Morgan fingerprint density at radius 1 is 1.17 bits per heavy atom. The van der Waals surface area contributed by atoms with Crippen molar-refractivity contribution in [3.8, 4) is 0 Å². The number of aliphatic imine (C=N–C) groups is 1. The fourth-order valence-electron chi connectivity index (χ4n) is 2.57. The lowest BCUT2D eigenvalue weighted by Gasteiger charge is -2.17. The number of rotatable bonds is 2. The summed E-state index contributed by atoms with van der Waals surface area (Å²) in [4.78, 5) is 7.09. The highest BCUT2D eigenvalue weighted by molar-refractivity contribution is 5.83. The van der Waals surface area contributed by atoms with Crippen LogP contribution in [0.25, 0.3) is 0 Å². The van der Waals surface area contributed by atoms with Crippen molar-refractivity contribution in [1.29, 1.82) is 0 Å². The average molecular weight is 250 g/mol. The van der Waals surface area contributed by atoms with E-state index in [4.69, 9.17) is 4.74 Å². The summed E-state index contributed by atoms with van der Waals surface area (Å²) >= 11 is 0. The van der Waals surface area contributed by atoms with E-state index in [1.54, 1.807) is 0 Å². The van der Waals surface area contributed by atoms with Crippen molar-refractivity contribution in [3.63, 3.8) is 0 Å². The van der Waals surface area contributed by atoms with Crippen LogP contribution in [0.5, 0.6) is 0 Å². The Morgan fingerprint density at radius 3 is 2.44 bits per heavy atom. The summed E-state index contributed by atoms with van der Waals surface area (Å²) in [6.45, 7) is 7.76. The minimum Gasteiger partial charge on any atom is -0.381 e. The minimum atomic E-state index is 1.00. The van der Waals surface area contributed by atoms with Gasteiger partial charge in [0.15, 0.2) is 0 Å². The van der Waals surface area contributed by atoms with Gasteiger partial charge in [-0.25, -0.2) is 0 Å². The zero-order valence-electron chi connectivity index (χ0n) is 11.7. The van der Waals surface area contributed by atoms with Crippen molar-refractivity contribution < 1.29 is 4.74 Å². The fraction of sp³-hybridized carbons (Fsp3) is 0.800. The van der Waals surface area contributed by atoms with Gasteiger partial charge in [0.1, 0.15) is 0 Å². The Balaban J connectivity index is 0.000000202. The van der Waals surface area contributed by atoms with E-state index in [1.165, 1.54) is 56.6 Å². The predicted molar refractivity (Wildman–Crippen MR) is 76.2 cm³/mol. The first-order valence-corrected chi connectivity index (χ1v) is 7.38. The van der Waals surface area contributed by atoms with Crippen molar-refractivity contribution in [3.05, 3.63) is 11.8 Å². The van der Waals surface area contributed by atoms with Crippen LogP contribution in [0.1, 0.15) is 45.4 Å². The summed E-state index contributed by atoms with van der Waals surface area (Å²) in [5.41, 5.74) is 2.60. The van der Waals surface area contributed by atoms with Crippen LogP contribution < -0.4 is 0 Å². The molecule has 3 nitrogen and oxygen atoms in total. The number of likely N-dealkylation sites (tertiary alicyclic amines) is 1.